The van der Waals surface area contributed by atoms with Gasteiger partial charge in [-0.2, -0.15) is 0 Å². The van der Waals surface area contributed by atoms with Crippen LogP contribution in [-0.2, 0) is 5.41 Å². The van der Waals surface area contributed by atoms with E-state index < -0.39 is 0 Å². The van der Waals surface area contributed by atoms with Gasteiger partial charge in [0.2, 0.25) is 0 Å². The summed E-state index contributed by atoms with van der Waals surface area (Å²) < 4.78 is 12.9. The molecule has 0 aliphatic heterocycles. The van der Waals surface area contributed by atoms with Crippen LogP contribution in [0.5, 0.6) is 0 Å². The van der Waals surface area contributed by atoms with Gasteiger partial charge in [0, 0.05) is 24.2 Å². The summed E-state index contributed by atoms with van der Waals surface area (Å²) in [6, 6.07) is 7.99. The van der Waals surface area contributed by atoms with Crippen LogP contribution in [0.4, 0.5) is 21.7 Å². The Kier molecular flexibility index (Phi) is 3.88. The van der Waals surface area contributed by atoms with Crippen molar-refractivity contribution in [3.63, 3.8) is 0 Å². The van der Waals surface area contributed by atoms with E-state index in [1.807, 2.05) is 13.1 Å². The summed E-state index contributed by atoms with van der Waals surface area (Å²) in [6.07, 6.45) is 0. The molecule has 0 bridgehead atoms. The van der Waals surface area contributed by atoms with E-state index in [9.17, 15) is 4.39 Å². The molecule has 1 heterocycles. The number of hydrogen-bond acceptors (Lipinski definition) is 4. The topological polar surface area (TPSA) is 49.8 Å². The molecule has 0 aliphatic rings. The van der Waals surface area contributed by atoms with Crippen LogP contribution in [0.2, 0.25) is 0 Å². The van der Waals surface area contributed by atoms with Crippen LogP contribution in [-0.4, -0.2) is 17.0 Å². The van der Waals surface area contributed by atoms with E-state index in [4.69, 9.17) is 0 Å². The second kappa shape index (κ2) is 5.45. The van der Waals surface area contributed by atoms with Gasteiger partial charge in [-0.3, -0.25) is 0 Å². The molecule has 0 saturated heterocycles. The zero-order valence-electron chi connectivity index (χ0n) is 12.2. The Morgan fingerprint density at radius 3 is 2.15 bits per heavy atom. The largest absolute Gasteiger partial charge is 0.373 e. The van der Waals surface area contributed by atoms with Gasteiger partial charge in [-0.05, 0) is 24.3 Å². The summed E-state index contributed by atoms with van der Waals surface area (Å²) in [7, 11) is 1.82. The molecule has 0 spiro atoms. The average molecular weight is 274 g/mol. The number of benzene rings is 1. The van der Waals surface area contributed by atoms with Gasteiger partial charge in [0.1, 0.15) is 23.3 Å². The quantitative estimate of drug-likeness (QED) is 0.896. The van der Waals surface area contributed by atoms with Crippen molar-refractivity contribution in [3.05, 3.63) is 42.0 Å². The van der Waals surface area contributed by atoms with Gasteiger partial charge in [-0.15, -0.1) is 0 Å². The van der Waals surface area contributed by atoms with Crippen LogP contribution in [0.15, 0.2) is 30.3 Å². The van der Waals surface area contributed by atoms with Gasteiger partial charge in [0.15, 0.2) is 0 Å². The number of rotatable bonds is 3. The van der Waals surface area contributed by atoms with Crippen LogP contribution in [0.3, 0.4) is 0 Å². The van der Waals surface area contributed by atoms with Crippen LogP contribution >= 0.6 is 0 Å². The molecule has 2 rings (SSSR count). The third-order valence-corrected chi connectivity index (χ3v) is 2.77. The monoisotopic (exact) mass is 274 g/mol. The lowest BCUT2D eigenvalue weighted by Crippen LogP contribution is -2.17. The van der Waals surface area contributed by atoms with E-state index in [2.05, 4.69) is 41.4 Å². The molecule has 106 valence electrons. The lowest BCUT2D eigenvalue weighted by Gasteiger charge is -2.18. The summed E-state index contributed by atoms with van der Waals surface area (Å²) in [4.78, 5) is 8.97. The highest BCUT2D eigenvalue weighted by Gasteiger charge is 2.19. The molecule has 0 amide bonds. The lowest BCUT2D eigenvalue weighted by atomic mass is 9.96. The molecule has 0 radical (unpaired) electrons. The first-order valence-corrected chi connectivity index (χ1v) is 6.48. The van der Waals surface area contributed by atoms with Crippen molar-refractivity contribution in [2.75, 3.05) is 17.7 Å². The second-order valence-corrected chi connectivity index (χ2v) is 5.59. The molecule has 0 unspecified atom stereocenters. The SMILES string of the molecule is CNc1cc(Nc2ccc(F)cc2)nc(C(C)(C)C)n1. The summed E-state index contributed by atoms with van der Waals surface area (Å²) in [5.41, 5.74) is 0.638. The fraction of sp³-hybridized carbons (Fsp3) is 0.333. The predicted molar refractivity (Wildman–Crippen MR) is 80.0 cm³/mol. The standard InChI is InChI=1S/C15H19FN4/c1-15(2,3)14-19-12(17-4)9-13(20-14)18-11-7-5-10(16)6-8-11/h5-9H,1-4H3,(H2,17,18,19,20). The third kappa shape index (κ3) is 3.44. The molecule has 5 heteroatoms. The van der Waals surface area contributed by atoms with Crippen LogP contribution in [0, 0.1) is 5.82 Å². The van der Waals surface area contributed by atoms with Crippen molar-refractivity contribution in [3.8, 4) is 0 Å². The molecule has 20 heavy (non-hydrogen) atoms. The van der Waals surface area contributed by atoms with Crippen molar-refractivity contribution in [2.45, 2.75) is 26.2 Å². The summed E-state index contributed by atoms with van der Waals surface area (Å²) in [5.74, 6) is 1.91. The molecule has 2 aromatic rings. The third-order valence-electron chi connectivity index (χ3n) is 2.77. The van der Waals surface area contributed by atoms with Crippen molar-refractivity contribution in [1.29, 1.82) is 0 Å². The molecule has 0 fully saturated rings. The van der Waals surface area contributed by atoms with Crippen molar-refractivity contribution >= 4 is 17.3 Å². The number of anilines is 3. The molecular formula is C15H19FN4. The van der Waals surface area contributed by atoms with E-state index in [1.165, 1.54) is 12.1 Å². The minimum atomic E-state index is -0.260. The number of nitrogens with zero attached hydrogens (tertiary/aromatic N) is 2. The highest BCUT2D eigenvalue weighted by molar-refractivity contribution is 5.59. The van der Waals surface area contributed by atoms with E-state index >= 15 is 0 Å². The highest BCUT2D eigenvalue weighted by Crippen LogP contribution is 2.24. The average Bonchev–Trinajstić information content (AvgIpc) is 2.40. The van der Waals surface area contributed by atoms with E-state index in [0.717, 1.165) is 17.3 Å². The number of halogens is 1. The smallest absolute Gasteiger partial charge is 0.138 e. The van der Waals surface area contributed by atoms with E-state index in [-0.39, 0.29) is 11.2 Å². The van der Waals surface area contributed by atoms with Gasteiger partial charge in [0.05, 0.1) is 0 Å². The van der Waals surface area contributed by atoms with Crippen LogP contribution in [0.25, 0.3) is 0 Å². The van der Waals surface area contributed by atoms with E-state index in [1.54, 1.807) is 12.1 Å². The summed E-state index contributed by atoms with van der Waals surface area (Å²) >= 11 is 0. The molecule has 2 N–H and O–H groups in total. The fourth-order valence-corrected chi connectivity index (χ4v) is 1.66. The molecule has 1 aromatic heterocycles. The van der Waals surface area contributed by atoms with Crippen LogP contribution < -0.4 is 10.6 Å². The van der Waals surface area contributed by atoms with Gasteiger partial charge < -0.3 is 10.6 Å². The van der Waals surface area contributed by atoms with Crippen molar-refractivity contribution < 1.29 is 4.39 Å². The second-order valence-electron chi connectivity index (χ2n) is 5.59. The van der Waals surface area contributed by atoms with Gasteiger partial charge >= 0.3 is 0 Å². The zero-order chi connectivity index (χ0) is 14.8. The minimum absolute atomic E-state index is 0.147. The Balaban J connectivity index is 2.33. The first-order valence-electron chi connectivity index (χ1n) is 6.48. The Hall–Kier alpha value is -2.17. The molecule has 1 aromatic carbocycles. The molecule has 0 aliphatic carbocycles. The van der Waals surface area contributed by atoms with Crippen molar-refractivity contribution in [1.82, 2.24) is 9.97 Å². The zero-order valence-corrected chi connectivity index (χ0v) is 12.2. The Labute approximate surface area is 118 Å². The number of hydrogen-bond donors (Lipinski definition) is 2. The lowest BCUT2D eigenvalue weighted by molar-refractivity contribution is 0.547. The van der Waals surface area contributed by atoms with Gasteiger partial charge in [0.25, 0.3) is 0 Å². The predicted octanol–water partition coefficient (Wildman–Crippen LogP) is 3.70. The summed E-state index contributed by atoms with van der Waals surface area (Å²) in [6.45, 7) is 6.18. The Bertz CT molecular complexity index is 588. The maximum absolute atomic E-state index is 12.9. The first-order chi connectivity index (χ1) is 9.38. The maximum Gasteiger partial charge on any atom is 0.138 e. The first kappa shape index (κ1) is 14.2. The minimum Gasteiger partial charge on any atom is -0.373 e. The number of nitrogens with one attached hydrogen (secondary N) is 2. The van der Waals surface area contributed by atoms with Gasteiger partial charge in [-0.1, -0.05) is 20.8 Å². The molecule has 4 nitrogen and oxygen atoms in total. The number of aromatic nitrogens is 2. The molecular weight excluding hydrogens is 255 g/mol. The fourth-order valence-electron chi connectivity index (χ4n) is 1.66. The molecule has 0 saturated carbocycles. The highest BCUT2D eigenvalue weighted by atomic mass is 19.1. The summed E-state index contributed by atoms with van der Waals surface area (Å²) in [5, 5.41) is 6.18. The van der Waals surface area contributed by atoms with Crippen molar-refractivity contribution in [2.24, 2.45) is 0 Å². The van der Waals surface area contributed by atoms with Crippen LogP contribution in [0.1, 0.15) is 26.6 Å². The Morgan fingerprint density at radius 2 is 1.60 bits per heavy atom. The Morgan fingerprint density at radius 1 is 1.00 bits per heavy atom. The normalized spacial score (nSPS) is 11.2. The van der Waals surface area contributed by atoms with Gasteiger partial charge in [-0.25, -0.2) is 14.4 Å². The molecule has 0 atom stereocenters. The van der Waals surface area contributed by atoms with E-state index in [0.29, 0.717) is 5.82 Å². The maximum atomic E-state index is 12.9.